The fraction of sp³-hybridized carbons (Fsp3) is 0.261. The summed E-state index contributed by atoms with van der Waals surface area (Å²) in [5.74, 6) is -0.225. The molecule has 0 unspecified atom stereocenters. The minimum Gasteiger partial charge on any atom is -0.482 e. The summed E-state index contributed by atoms with van der Waals surface area (Å²) in [6, 6.07) is 15.9. The molecule has 7 heteroatoms. The molecular weight excluding hydrogens is 382 g/mol. The molecule has 0 spiro atoms. The number of benzene rings is 2. The zero-order valence-corrected chi connectivity index (χ0v) is 17.4. The van der Waals surface area contributed by atoms with Gasteiger partial charge < -0.3 is 19.4 Å². The van der Waals surface area contributed by atoms with Gasteiger partial charge in [-0.1, -0.05) is 6.07 Å². The summed E-state index contributed by atoms with van der Waals surface area (Å²) < 4.78 is 12.4. The number of nitrogens with zero attached hydrogens (tertiary/aromatic N) is 2. The number of aryl methyl sites for hydroxylation is 1. The highest BCUT2D eigenvalue weighted by atomic mass is 16.6. The molecule has 0 saturated heterocycles. The molecule has 0 bridgehead atoms. The molecule has 154 valence electrons. The molecule has 2 aromatic carbocycles. The molecule has 3 rings (SSSR count). The van der Waals surface area contributed by atoms with Crippen molar-refractivity contribution >= 4 is 28.5 Å². The van der Waals surface area contributed by atoms with Crippen molar-refractivity contribution in [2.24, 2.45) is 7.05 Å². The number of ether oxygens (including phenoxy) is 2. The fourth-order valence-corrected chi connectivity index (χ4v) is 2.96. The number of amides is 1. The van der Waals surface area contributed by atoms with Gasteiger partial charge in [0.25, 0.3) is 5.91 Å². The van der Waals surface area contributed by atoms with Crippen molar-refractivity contribution in [3.05, 3.63) is 59.8 Å². The van der Waals surface area contributed by atoms with E-state index in [-0.39, 0.29) is 12.5 Å². The molecule has 0 aliphatic rings. The summed E-state index contributed by atoms with van der Waals surface area (Å²) >= 11 is 0. The predicted molar refractivity (Wildman–Crippen MR) is 113 cm³/mol. The van der Waals surface area contributed by atoms with Gasteiger partial charge in [-0.25, -0.2) is 4.79 Å². The highest BCUT2D eigenvalue weighted by Crippen LogP contribution is 2.22. The molecule has 1 amide bonds. The van der Waals surface area contributed by atoms with Crippen LogP contribution in [0.15, 0.2) is 48.5 Å². The SMILES string of the molecule is Cn1c(C(=O)Nc2ccc(OCC(=O)OC(C)(C)C)cc2)cc2ccc(C#N)cc21. The Labute approximate surface area is 174 Å². The Kier molecular flexibility index (Phi) is 5.79. The van der Waals surface area contributed by atoms with Gasteiger partial charge >= 0.3 is 5.97 Å². The highest BCUT2D eigenvalue weighted by molar-refractivity contribution is 6.06. The van der Waals surface area contributed by atoms with Crippen molar-refractivity contribution in [1.82, 2.24) is 4.57 Å². The lowest BCUT2D eigenvalue weighted by molar-refractivity contribution is -0.157. The Morgan fingerprint density at radius 3 is 2.43 bits per heavy atom. The van der Waals surface area contributed by atoms with Crippen LogP contribution in [-0.4, -0.2) is 28.7 Å². The molecule has 0 aliphatic carbocycles. The molecule has 1 N–H and O–H groups in total. The van der Waals surface area contributed by atoms with Crippen LogP contribution >= 0.6 is 0 Å². The van der Waals surface area contributed by atoms with Gasteiger partial charge in [0, 0.05) is 23.6 Å². The normalized spacial score (nSPS) is 11.0. The summed E-state index contributed by atoms with van der Waals surface area (Å²) in [5.41, 5.74) is 1.85. The van der Waals surface area contributed by atoms with Crippen molar-refractivity contribution in [1.29, 1.82) is 5.26 Å². The van der Waals surface area contributed by atoms with E-state index in [9.17, 15) is 9.59 Å². The Morgan fingerprint density at radius 1 is 1.10 bits per heavy atom. The molecule has 0 saturated carbocycles. The van der Waals surface area contributed by atoms with Gasteiger partial charge in [-0.3, -0.25) is 4.79 Å². The monoisotopic (exact) mass is 405 g/mol. The van der Waals surface area contributed by atoms with Crippen molar-refractivity contribution < 1.29 is 19.1 Å². The maximum Gasteiger partial charge on any atom is 0.344 e. The maximum absolute atomic E-state index is 12.7. The van der Waals surface area contributed by atoms with Crippen molar-refractivity contribution in [3.8, 4) is 11.8 Å². The number of carbonyl (C=O) groups is 2. The minimum atomic E-state index is -0.563. The van der Waals surface area contributed by atoms with E-state index in [1.807, 2.05) is 6.07 Å². The lowest BCUT2D eigenvalue weighted by Crippen LogP contribution is -2.27. The number of nitriles is 1. The number of hydrogen-bond donors (Lipinski definition) is 1. The molecule has 0 aliphatic heterocycles. The Hall–Kier alpha value is -3.79. The molecule has 7 nitrogen and oxygen atoms in total. The Morgan fingerprint density at radius 2 is 1.80 bits per heavy atom. The first-order chi connectivity index (χ1) is 14.2. The molecule has 3 aromatic rings. The third kappa shape index (κ3) is 4.97. The number of hydrogen-bond acceptors (Lipinski definition) is 5. The Bertz CT molecular complexity index is 1130. The third-order valence-electron chi connectivity index (χ3n) is 4.30. The largest absolute Gasteiger partial charge is 0.482 e. The number of aromatic nitrogens is 1. The zero-order valence-electron chi connectivity index (χ0n) is 17.4. The summed E-state index contributed by atoms with van der Waals surface area (Å²) in [6.45, 7) is 5.19. The maximum atomic E-state index is 12.7. The summed E-state index contributed by atoms with van der Waals surface area (Å²) in [5, 5.41) is 12.8. The molecule has 1 heterocycles. The number of rotatable bonds is 5. The van der Waals surface area contributed by atoms with Crippen molar-refractivity contribution in [3.63, 3.8) is 0 Å². The van der Waals surface area contributed by atoms with E-state index in [4.69, 9.17) is 14.7 Å². The molecular formula is C23H23N3O4. The number of carbonyl (C=O) groups excluding carboxylic acids is 2. The van der Waals surface area contributed by atoms with Crippen molar-refractivity contribution in [2.75, 3.05) is 11.9 Å². The first-order valence-corrected chi connectivity index (χ1v) is 9.42. The topological polar surface area (TPSA) is 93.3 Å². The van der Waals surface area contributed by atoms with Gasteiger partial charge in [0.15, 0.2) is 6.61 Å². The summed E-state index contributed by atoms with van der Waals surface area (Å²) in [4.78, 5) is 24.4. The third-order valence-corrected chi connectivity index (χ3v) is 4.30. The van der Waals surface area contributed by atoms with E-state index >= 15 is 0 Å². The summed E-state index contributed by atoms with van der Waals surface area (Å²) in [6.07, 6.45) is 0. The van der Waals surface area contributed by atoms with E-state index in [2.05, 4.69) is 11.4 Å². The van der Waals surface area contributed by atoms with Gasteiger partial charge in [0.2, 0.25) is 0 Å². The van der Waals surface area contributed by atoms with Crippen LogP contribution in [0.3, 0.4) is 0 Å². The molecule has 0 radical (unpaired) electrons. The van der Waals surface area contributed by atoms with Crippen LogP contribution in [0.2, 0.25) is 0 Å². The van der Waals surface area contributed by atoms with Crippen LogP contribution < -0.4 is 10.1 Å². The minimum absolute atomic E-state index is 0.191. The zero-order chi connectivity index (χ0) is 21.9. The van der Waals surface area contributed by atoms with Gasteiger partial charge in [0.05, 0.1) is 11.6 Å². The molecule has 30 heavy (non-hydrogen) atoms. The van der Waals surface area contributed by atoms with Gasteiger partial charge in [-0.2, -0.15) is 5.26 Å². The first kappa shape index (κ1) is 20.9. The molecule has 1 aromatic heterocycles. The van der Waals surface area contributed by atoms with Crippen LogP contribution in [0.25, 0.3) is 10.9 Å². The second-order valence-corrected chi connectivity index (χ2v) is 7.83. The smallest absolute Gasteiger partial charge is 0.344 e. The van der Waals surface area contributed by atoms with Crippen molar-refractivity contribution in [2.45, 2.75) is 26.4 Å². The van der Waals surface area contributed by atoms with Gasteiger partial charge in [-0.05, 0) is 63.2 Å². The molecule has 0 atom stereocenters. The number of esters is 1. The Balaban J connectivity index is 1.65. The van der Waals surface area contributed by atoms with Crippen LogP contribution in [0.5, 0.6) is 5.75 Å². The second kappa shape index (κ2) is 8.29. The van der Waals surface area contributed by atoms with E-state index < -0.39 is 11.6 Å². The van der Waals surface area contributed by atoms with E-state index in [0.717, 1.165) is 10.9 Å². The van der Waals surface area contributed by atoms with Gasteiger partial charge in [-0.15, -0.1) is 0 Å². The predicted octanol–water partition coefficient (Wildman–Crippen LogP) is 4.02. The first-order valence-electron chi connectivity index (χ1n) is 9.42. The van der Waals surface area contributed by atoms with Crippen LogP contribution in [-0.2, 0) is 16.6 Å². The van der Waals surface area contributed by atoms with Gasteiger partial charge in [0.1, 0.15) is 17.0 Å². The lowest BCUT2D eigenvalue weighted by atomic mass is 10.2. The average Bonchev–Trinajstić information content (AvgIpc) is 3.02. The number of fused-ring (bicyclic) bond motifs is 1. The average molecular weight is 405 g/mol. The standard InChI is InChI=1S/C23H23N3O4/c1-23(2,3)30-21(27)14-29-18-9-7-17(8-10-18)25-22(28)20-12-16-6-5-15(13-24)11-19(16)26(20)4/h5-12H,14H2,1-4H3,(H,25,28). The quantitative estimate of drug-likeness (QED) is 0.647. The molecule has 0 fully saturated rings. The van der Waals surface area contributed by atoms with E-state index in [0.29, 0.717) is 22.7 Å². The van der Waals surface area contributed by atoms with Crippen LogP contribution in [0.1, 0.15) is 36.8 Å². The lowest BCUT2D eigenvalue weighted by Gasteiger charge is -2.19. The summed E-state index contributed by atoms with van der Waals surface area (Å²) in [7, 11) is 1.78. The number of nitrogens with one attached hydrogen (secondary N) is 1. The van der Waals surface area contributed by atoms with E-state index in [1.165, 1.54) is 0 Å². The van der Waals surface area contributed by atoms with E-state index in [1.54, 1.807) is 74.9 Å². The number of anilines is 1. The van der Waals surface area contributed by atoms with Crippen LogP contribution in [0.4, 0.5) is 5.69 Å². The fourth-order valence-electron chi connectivity index (χ4n) is 2.96. The second-order valence-electron chi connectivity index (χ2n) is 7.83. The van der Waals surface area contributed by atoms with Crippen LogP contribution in [0, 0.1) is 11.3 Å². The highest BCUT2D eigenvalue weighted by Gasteiger charge is 2.17.